The standard InChI is InChI=1S/C13H22O/c1-10(2)7-8-12(14)11-6-5-9-13(11,3)4/h11H,1,5-9H2,2-4H3. The molecule has 0 spiro atoms. The first-order chi connectivity index (χ1) is 6.43. The molecule has 1 unspecified atom stereocenters. The normalized spacial score (nSPS) is 24.9. The minimum absolute atomic E-state index is 0.242. The minimum atomic E-state index is 0.242. The van der Waals surface area contributed by atoms with Crippen LogP contribution in [0.2, 0.25) is 0 Å². The van der Waals surface area contributed by atoms with Gasteiger partial charge in [-0.05, 0) is 31.6 Å². The van der Waals surface area contributed by atoms with Gasteiger partial charge in [-0.3, -0.25) is 4.79 Å². The molecule has 1 aliphatic carbocycles. The monoisotopic (exact) mass is 194 g/mol. The van der Waals surface area contributed by atoms with E-state index in [9.17, 15) is 4.79 Å². The van der Waals surface area contributed by atoms with Crippen molar-refractivity contribution in [3.63, 3.8) is 0 Å². The average molecular weight is 194 g/mol. The van der Waals surface area contributed by atoms with E-state index >= 15 is 0 Å². The lowest BCUT2D eigenvalue weighted by molar-refractivity contribution is -0.125. The van der Waals surface area contributed by atoms with Crippen LogP contribution in [0.25, 0.3) is 0 Å². The molecule has 80 valence electrons. The Labute approximate surface area is 87.6 Å². The maximum absolute atomic E-state index is 11.9. The van der Waals surface area contributed by atoms with Crippen molar-refractivity contribution in [2.75, 3.05) is 0 Å². The second-order valence-electron chi connectivity index (χ2n) is 5.36. The zero-order valence-corrected chi connectivity index (χ0v) is 9.73. The van der Waals surface area contributed by atoms with Crippen LogP contribution >= 0.6 is 0 Å². The summed E-state index contributed by atoms with van der Waals surface area (Å²) in [6.45, 7) is 10.3. The maximum Gasteiger partial charge on any atom is 0.136 e. The summed E-state index contributed by atoms with van der Waals surface area (Å²) in [6.07, 6.45) is 5.09. The highest BCUT2D eigenvalue weighted by molar-refractivity contribution is 5.82. The fourth-order valence-electron chi connectivity index (χ4n) is 2.43. The summed E-state index contributed by atoms with van der Waals surface area (Å²) < 4.78 is 0. The van der Waals surface area contributed by atoms with Gasteiger partial charge in [0.2, 0.25) is 0 Å². The second-order valence-corrected chi connectivity index (χ2v) is 5.36. The molecular weight excluding hydrogens is 172 g/mol. The van der Waals surface area contributed by atoms with Crippen molar-refractivity contribution in [1.29, 1.82) is 0 Å². The molecule has 1 saturated carbocycles. The van der Waals surface area contributed by atoms with Gasteiger partial charge in [-0.15, -0.1) is 6.58 Å². The Bertz CT molecular complexity index is 238. The van der Waals surface area contributed by atoms with Gasteiger partial charge in [0.25, 0.3) is 0 Å². The minimum Gasteiger partial charge on any atom is -0.299 e. The Morgan fingerprint density at radius 2 is 2.07 bits per heavy atom. The molecular formula is C13H22O. The van der Waals surface area contributed by atoms with Gasteiger partial charge in [-0.25, -0.2) is 0 Å². The van der Waals surface area contributed by atoms with Crippen molar-refractivity contribution in [3.05, 3.63) is 12.2 Å². The average Bonchev–Trinajstić information content (AvgIpc) is 2.41. The van der Waals surface area contributed by atoms with Crippen molar-refractivity contribution in [2.45, 2.75) is 52.9 Å². The number of hydrogen-bond acceptors (Lipinski definition) is 1. The lowest BCUT2D eigenvalue weighted by Gasteiger charge is -2.25. The van der Waals surface area contributed by atoms with E-state index in [4.69, 9.17) is 0 Å². The third kappa shape index (κ3) is 2.70. The molecule has 0 amide bonds. The highest BCUT2D eigenvalue weighted by Gasteiger charge is 2.38. The summed E-state index contributed by atoms with van der Waals surface area (Å²) >= 11 is 0. The lowest BCUT2D eigenvalue weighted by atomic mass is 9.78. The van der Waals surface area contributed by atoms with E-state index in [0.29, 0.717) is 18.1 Å². The summed E-state index contributed by atoms with van der Waals surface area (Å²) in [5, 5.41) is 0. The van der Waals surface area contributed by atoms with Crippen LogP contribution in [0.1, 0.15) is 52.9 Å². The third-order valence-electron chi connectivity index (χ3n) is 3.44. The molecule has 14 heavy (non-hydrogen) atoms. The molecule has 0 aliphatic heterocycles. The highest BCUT2D eigenvalue weighted by atomic mass is 16.1. The molecule has 0 N–H and O–H groups in total. The van der Waals surface area contributed by atoms with E-state index < -0.39 is 0 Å². The number of Topliss-reactive ketones (excluding diaryl/α,β-unsaturated/α-hetero) is 1. The van der Waals surface area contributed by atoms with Crippen molar-refractivity contribution >= 4 is 5.78 Å². The van der Waals surface area contributed by atoms with Gasteiger partial charge in [-0.2, -0.15) is 0 Å². The first-order valence-corrected chi connectivity index (χ1v) is 5.60. The first kappa shape index (κ1) is 11.5. The Morgan fingerprint density at radius 3 is 2.50 bits per heavy atom. The number of hydrogen-bond donors (Lipinski definition) is 0. The van der Waals surface area contributed by atoms with E-state index in [1.807, 2.05) is 6.92 Å². The van der Waals surface area contributed by atoms with E-state index in [1.165, 1.54) is 12.8 Å². The van der Waals surface area contributed by atoms with Crippen molar-refractivity contribution in [2.24, 2.45) is 11.3 Å². The fourth-order valence-corrected chi connectivity index (χ4v) is 2.43. The van der Waals surface area contributed by atoms with Gasteiger partial charge in [0.1, 0.15) is 5.78 Å². The largest absolute Gasteiger partial charge is 0.299 e. The molecule has 0 aromatic heterocycles. The Hall–Kier alpha value is -0.590. The zero-order chi connectivity index (χ0) is 10.8. The van der Waals surface area contributed by atoms with Crippen molar-refractivity contribution < 1.29 is 4.79 Å². The smallest absolute Gasteiger partial charge is 0.136 e. The third-order valence-corrected chi connectivity index (χ3v) is 3.44. The molecule has 1 aliphatic rings. The van der Waals surface area contributed by atoms with Gasteiger partial charge >= 0.3 is 0 Å². The molecule has 1 nitrogen and oxygen atoms in total. The van der Waals surface area contributed by atoms with E-state index in [1.54, 1.807) is 0 Å². The summed E-state index contributed by atoms with van der Waals surface area (Å²) in [4.78, 5) is 11.9. The Kier molecular flexibility index (Phi) is 3.52. The second kappa shape index (κ2) is 4.29. The van der Waals surface area contributed by atoms with Crippen LogP contribution in [-0.4, -0.2) is 5.78 Å². The number of rotatable bonds is 4. The van der Waals surface area contributed by atoms with Crippen LogP contribution in [0, 0.1) is 11.3 Å². The summed E-state index contributed by atoms with van der Waals surface area (Å²) in [5.41, 5.74) is 1.36. The fraction of sp³-hybridized carbons (Fsp3) is 0.769. The predicted octanol–water partition coefficient (Wildman–Crippen LogP) is 3.74. The van der Waals surface area contributed by atoms with Crippen LogP contribution in [0.3, 0.4) is 0 Å². The van der Waals surface area contributed by atoms with Crippen LogP contribution in [0.5, 0.6) is 0 Å². The van der Waals surface area contributed by atoms with E-state index in [0.717, 1.165) is 18.4 Å². The van der Waals surface area contributed by atoms with Crippen LogP contribution in [0.4, 0.5) is 0 Å². The molecule has 0 aromatic carbocycles. The van der Waals surface area contributed by atoms with Gasteiger partial charge < -0.3 is 0 Å². The van der Waals surface area contributed by atoms with Crippen LogP contribution in [0.15, 0.2) is 12.2 Å². The molecule has 0 aromatic rings. The molecule has 0 saturated heterocycles. The van der Waals surface area contributed by atoms with E-state index in [2.05, 4.69) is 20.4 Å². The van der Waals surface area contributed by atoms with Gasteiger partial charge in [-0.1, -0.05) is 25.8 Å². The predicted molar refractivity (Wildman–Crippen MR) is 60.2 cm³/mol. The molecule has 0 heterocycles. The Morgan fingerprint density at radius 1 is 1.43 bits per heavy atom. The zero-order valence-electron chi connectivity index (χ0n) is 9.73. The molecule has 1 fully saturated rings. The van der Waals surface area contributed by atoms with Gasteiger partial charge in [0.15, 0.2) is 0 Å². The SMILES string of the molecule is C=C(C)CCC(=O)C1CCCC1(C)C. The maximum atomic E-state index is 11.9. The molecule has 0 bridgehead atoms. The summed E-state index contributed by atoms with van der Waals surface area (Å²) in [7, 11) is 0. The van der Waals surface area contributed by atoms with Crippen molar-refractivity contribution in [3.8, 4) is 0 Å². The summed E-state index contributed by atoms with van der Waals surface area (Å²) in [5.74, 6) is 0.761. The first-order valence-electron chi connectivity index (χ1n) is 5.60. The molecule has 1 atom stereocenters. The van der Waals surface area contributed by atoms with E-state index in [-0.39, 0.29) is 5.41 Å². The van der Waals surface area contributed by atoms with Crippen molar-refractivity contribution in [1.82, 2.24) is 0 Å². The lowest BCUT2D eigenvalue weighted by Crippen LogP contribution is -2.25. The molecule has 0 radical (unpaired) electrons. The number of carbonyl (C=O) groups excluding carboxylic acids is 1. The topological polar surface area (TPSA) is 17.1 Å². The Balaban J connectivity index is 2.48. The quantitative estimate of drug-likeness (QED) is 0.623. The summed E-state index contributed by atoms with van der Waals surface area (Å²) in [6, 6.07) is 0. The van der Waals surface area contributed by atoms with Gasteiger partial charge in [0, 0.05) is 12.3 Å². The van der Waals surface area contributed by atoms with Gasteiger partial charge in [0.05, 0.1) is 0 Å². The molecule has 1 heteroatoms. The van der Waals surface area contributed by atoms with Crippen LogP contribution in [-0.2, 0) is 4.79 Å². The number of allylic oxidation sites excluding steroid dienone is 1. The highest BCUT2D eigenvalue weighted by Crippen LogP contribution is 2.43. The molecule has 1 rings (SSSR count). The number of ketones is 1. The number of carbonyl (C=O) groups is 1. The van der Waals surface area contributed by atoms with Crippen LogP contribution < -0.4 is 0 Å².